The molecule has 14 heavy (non-hydrogen) atoms. The van der Waals surface area contributed by atoms with Crippen LogP contribution in [0, 0.1) is 0 Å². The van der Waals surface area contributed by atoms with Gasteiger partial charge in [-0.3, -0.25) is 0 Å². The van der Waals surface area contributed by atoms with E-state index >= 15 is 0 Å². The van der Waals surface area contributed by atoms with E-state index in [9.17, 15) is 5.11 Å². The molecule has 1 aliphatic heterocycles. The number of aliphatic hydroxyl groups excluding tert-OH is 1. The van der Waals surface area contributed by atoms with E-state index in [4.69, 9.17) is 4.74 Å². The normalized spacial score (nSPS) is 21.3. The number of rotatable bonds is 2. The molecule has 0 bridgehead atoms. The van der Waals surface area contributed by atoms with E-state index in [-0.39, 0.29) is 6.10 Å². The van der Waals surface area contributed by atoms with Crippen LogP contribution >= 0.6 is 0 Å². The topological polar surface area (TPSA) is 58.5 Å². The monoisotopic (exact) mass is 195 g/mol. The molecule has 1 fully saturated rings. The Bertz CT molecular complexity index is 319. The van der Waals surface area contributed by atoms with E-state index in [0.29, 0.717) is 12.3 Å². The first kappa shape index (κ1) is 9.21. The van der Waals surface area contributed by atoms with Gasteiger partial charge in [0.15, 0.2) is 11.6 Å². The first-order chi connectivity index (χ1) is 6.81. The summed E-state index contributed by atoms with van der Waals surface area (Å²) in [5.74, 6) is 1.42. The van der Waals surface area contributed by atoms with E-state index in [1.807, 2.05) is 4.90 Å². The second-order valence-electron chi connectivity index (χ2n) is 3.30. The molecule has 1 aromatic heterocycles. The quantitative estimate of drug-likeness (QED) is 0.723. The summed E-state index contributed by atoms with van der Waals surface area (Å²) < 4.78 is 5.14. The Labute approximate surface area is 82.4 Å². The van der Waals surface area contributed by atoms with Crippen LogP contribution in [0.15, 0.2) is 12.5 Å². The summed E-state index contributed by atoms with van der Waals surface area (Å²) in [5, 5.41) is 9.40. The van der Waals surface area contributed by atoms with Crippen molar-refractivity contribution in [2.45, 2.75) is 12.5 Å². The van der Waals surface area contributed by atoms with Crippen LogP contribution in [0.1, 0.15) is 6.42 Å². The minimum atomic E-state index is -0.255. The molecule has 1 N–H and O–H groups in total. The predicted molar refractivity (Wildman–Crippen MR) is 51.4 cm³/mol. The van der Waals surface area contributed by atoms with Gasteiger partial charge in [-0.25, -0.2) is 9.97 Å². The van der Waals surface area contributed by atoms with E-state index in [0.717, 1.165) is 18.8 Å². The molecule has 1 unspecified atom stereocenters. The average Bonchev–Trinajstić information content (AvgIpc) is 2.65. The number of hydrogen-bond acceptors (Lipinski definition) is 5. The summed E-state index contributed by atoms with van der Waals surface area (Å²) in [4.78, 5) is 10.0. The van der Waals surface area contributed by atoms with Crippen molar-refractivity contribution in [2.75, 3.05) is 25.1 Å². The lowest BCUT2D eigenvalue weighted by atomic mass is 10.3. The van der Waals surface area contributed by atoms with Crippen LogP contribution in [0.5, 0.6) is 5.75 Å². The zero-order valence-electron chi connectivity index (χ0n) is 8.05. The number of ether oxygens (including phenoxy) is 1. The Morgan fingerprint density at radius 1 is 1.64 bits per heavy atom. The second-order valence-corrected chi connectivity index (χ2v) is 3.30. The molecule has 2 rings (SSSR count). The molecule has 0 spiro atoms. The summed E-state index contributed by atoms with van der Waals surface area (Å²) >= 11 is 0. The van der Waals surface area contributed by atoms with Crippen molar-refractivity contribution in [1.29, 1.82) is 0 Å². The molecule has 0 radical (unpaired) electrons. The molecule has 0 aromatic carbocycles. The van der Waals surface area contributed by atoms with Gasteiger partial charge >= 0.3 is 0 Å². The highest BCUT2D eigenvalue weighted by atomic mass is 16.5. The van der Waals surface area contributed by atoms with Gasteiger partial charge in [-0.05, 0) is 6.42 Å². The third-order valence-electron chi connectivity index (χ3n) is 2.34. The van der Waals surface area contributed by atoms with Crippen molar-refractivity contribution in [3.63, 3.8) is 0 Å². The van der Waals surface area contributed by atoms with Gasteiger partial charge in [0.1, 0.15) is 6.33 Å². The van der Waals surface area contributed by atoms with Gasteiger partial charge in [0.2, 0.25) is 0 Å². The predicted octanol–water partition coefficient (Wildman–Crippen LogP) is 0.0562. The van der Waals surface area contributed by atoms with Gasteiger partial charge in [-0.2, -0.15) is 0 Å². The molecule has 0 saturated carbocycles. The van der Waals surface area contributed by atoms with Crippen molar-refractivity contribution in [3.8, 4) is 5.75 Å². The average molecular weight is 195 g/mol. The van der Waals surface area contributed by atoms with Gasteiger partial charge in [-0.1, -0.05) is 0 Å². The van der Waals surface area contributed by atoms with Crippen molar-refractivity contribution >= 4 is 5.82 Å². The van der Waals surface area contributed by atoms with E-state index in [1.165, 1.54) is 6.33 Å². The van der Waals surface area contributed by atoms with Crippen LogP contribution in [-0.2, 0) is 0 Å². The van der Waals surface area contributed by atoms with Crippen LogP contribution in [0.4, 0.5) is 5.82 Å². The number of hydrogen-bond donors (Lipinski definition) is 1. The van der Waals surface area contributed by atoms with Crippen LogP contribution in [0.2, 0.25) is 0 Å². The van der Waals surface area contributed by atoms with Crippen LogP contribution < -0.4 is 9.64 Å². The standard InChI is InChI=1S/C9H13N3O2/c1-14-8-4-10-6-11-9(8)12-3-2-7(13)5-12/h4,6-7,13H,2-3,5H2,1H3. The lowest BCUT2D eigenvalue weighted by Crippen LogP contribution is -2.22. The summed E-state index contributed by atoms with van der Waals surface area (Å²) in [6.07, 6.45) is 3.65. The summed E-state index contributed by atoms with van der Waals surface area (Å²) in [6, 6.07) is 0. The maximum Gasteiger partial charge on any atom is 0.179 e. The van der Waals surface area contributed by atoms with E-state index < -0.39 is 0 Å². The highest BCUT2D eigenvalue weighted by Gasteiger charge is 2.23. The number of methoxy groups -OCH3 is 1. The third kappa shape index (κ3) is 1.63. The maximum absolute atomic E-state index is 9.40. The van der Waals surface area contributed by atoms with Gasteiger partial charge in [-0.15, -0.1) is 0 Å². The number of aliphatic hydroxyl groups is 1. The largest absolute Gasteiger partial charge is 0.491 e. The fourth-order valence-electron chi connectivity index (χ4n) is 1.63. The molecule has 1 saturated heterocycles. The van der Waals surface area contributed by atoms with Crippen molar-refractivity contribution in [1.82, 2.24) is 9.97 Å². The molecule has 1 aromatic rings. The Morgan fingerprint density at radius 2 is 2.50 bits per heavy atom. The number of nitrogens with zero attached hydrogens (tertiary/aromatic N) is 3. The Kier molecular flexibility index (Phi) is 2.49. The molecule has 1 atom stereocenters. The highest BCUT2D eigenvalue weighted by Crippen LogP contribution is 2.26. The fraction of sp³-hybridized carbons (Fsp3) is 0.556. The minimum Gasteiger partial charge on any atom is -0.491 e. The molecule has 0 amide bonds. The summed E-state index contributed by atoms with van der Waals surface area (Å²) in [7, 11) is 1.59. The minimum absolute atomic E-state index is 0.255. The number of anilines is 1. The molecular weight excluding hydrogens is 182 g/mol. The van der Waals surface area contributed by atoms with E-state index in [2.05, 4.69) is 9.97 Å². The Balaban J connectivity index is 2.22. The van der Waals surface area contributed by atoms with Crippen LogP contribution in [-0.4, -0.2) is 41.4 Å². The first-order valence-corrected chi connectivity index (χ1v) is 4.58. The van der Waals surface area contributed by atoms with E-state index in [1.54, 1.807) is 13.3 Å². The fourth-order valence-corrected chi connectivity index (χ4v) is 1.63. The molecule has 76 valence electrons. The van der Waals surface area contributed by atoms with Crippen LogP contribution in [0.3, 0.4) is 0 Å². The lowest BCUT2D eigenvalue weighted by Gasteiger charge is -2.18. The highest BCUT2D eigenvalue weighted by molar-refractivity contribution is 5.51. The third-order valence-corrected chi connectivity index (χ3v) is 2.34. The molecule has 5 heteroatoms. The SMILES string of the molecule is COc1cncnc1N1CCC(O)C1. The van der Waals surface area contributed by atoms with Crippen molar-refractivity contribution in [3.05, 3.63) is 12.5 Å². The Hall–Kier alpha value is -1.36. The van der Waals surface area contributed by atoms with Gasteiger partial charge in [0.25, 0.3) is 0 Å². The molecule has 2 heterocycles. The first-order valence-electron chi connectivity index (χ1n) is 4.58. The van der Waals surface area contributed by atoms with Gasteiger partial charge < -0.3 is 14.7 Å². The molecule has 0 aliphatic carbocycles. The second kappa shape index (κ2) is 3.79. The zero-order valence-corrected chi connectivity index (χ0v) is 8.05. The molecule has 5 nitrogen and oxygen atoms in total. The summed E-state index contributed by atoms with van der Waals surface area (Å²) in [5.41, 5.74) is 0. The smallest absolute Gasteiger partial charge is 0.179 e. The van der Waals surface area contributed by atoms with Crippen molar-refractivity contribution in [2.24, 2.45) is 0 Å². The van der Waals surface area contributed by atoms with Gasteiger partial charge in [0.05, 0.1) is 19.4 Å². The van der Waals surface area contributed by atoms with Crippen LogP contribution in [0.25, 0.3) is 0 Å². The van der Waals surface area contributed by atoms with Crippen molar-refractivity contribution < 1.29 is 9.84 Å². The van der Waals surface area contributed by atoms with Gasteiger partial charge in [0, 0.05) is 13.1 Å². The molecule has 1 aliphatic rings. The summed E-state index contributed by atoms with van der Waals surface area (Å²) in [6.45, 7) is 1.43. The lowest BCUT2D eigenvalue weighted by molar-refractivity contribution is 0.198. The molecular formula is C9H13N3O2. The number of β-amino-alcohol motifs (C(OH)–C–C–N with tert-alkyl or cyclic N) is 1. The number of aromatic nitrogens is 2. The zero-order chi connectivity index (χ0) is 9.97. The maximum atomic E-state index is 9.40. The Morgan fingerprint density at radius 3 is 3.14 bits per heavy atom.